The molecule has 5 rings (SSSR count). The highest BCUT2D eigenvalue weighted by Crippen LogP contribution is 2.44. The molecule has 1 aliphatic carbocycles. The first-order valence-electron chi connectivity index (χ1n) is 24.2. The van der Waals surface area contributed by atoms with E-state index < -0.39 is 0 Å². The second-order valence-corrected chi connectivity index (χ2v) is 21.1. The van der Waals surface area contributed by atoms with Crippen molar-refractivity contribution in [1.29, 1.82) is 0 Å². The van der Waals surface area contributed by atoms with Gasteiger partial charge in [0.05, 0.1) is 26.4 Å². The molecule has 62 heavy (non-hydrogen) atoms. The molecule has 0 spiro atoms. The number of unbranched alkanes of at least 4 members (excludes halogenated alkanes) is 5. The fraction of sp³-hybridized carbons (Fsp3) is 0.579. The van der Waals surface area contributed by atoms with Crippen LogP contribution in [0, 0.1) is 0 Å². The Morgan fingerprint density at radius 1 is 0.371 bits per heavy atom. The van der Waals surface area contributed by atoms with Gasteiger partial charge < -0.3 is 24.1 Å². The molecule has 4 aromatic carbocycles. The molecular formula is C57H82O5. The summed E-state index contributed by atoms with van der Waals surface area (Å²) in [6.07, 6.45) is 12.2. The minimum atomic E-state index is -0.120. The van der Waals surface area contributed by atoms with E-state index in [1.54, 1.807) is 0 Å². The molecule has 0 amide bonds. The van der Waals surface area contributed by atoms with Gasteiger partial charge in [-0.3, -0.25) is 0 Å². The molecule has 0 atom stereocenters. The summed E-state index contributed by atoms with van der Waals surface area (Å²) in [6, 6.07) is 18.3. The number of rotatable bonds is 17. The van der Waals surface area contributed by atoms with Crippen molar-refractivity contribution in [1.82, 2.24) is 0 Å². The van der Waals surface area contributed by atoms with Crippen LogP contribution in [0.15, 0.2) is 48.5 Å². The first-order chi connectivity index (χ1) is 29.4. The van der Waals surface area contributed by atoms with E-state index in [-0.39, 0.29) is 16.2 Å². The molecule has 4 aromatic rings. The molecule has 0 unspecified atom stereocenters. The summed E-state index contributed by atoms with van der Waals surface area (Å²) in [4.78, 5) is 0. The van der Waals surface area contributed by atoms with Gasteiger partial charge in [-0.05, 0) is 104 Å². The van der Waals surface area contributed by atoms with E-state index in [0.29, 0.717) is 57.9 Å². The lowest BCUT2D eigenvalue weighted by atomic mass is 9.80. The van der Waals surface area contributed by atoms with Gasteiger partial charge in [0, 0.05) is 36.8 Å². The number of hydrogen-bond donors (Lipinski definition) is 1. The van der Waals surface area contributed by atoms with E-state index >= 15 is 0 Å². The predicted octanol–water partition coefficient (Wildman–Crippen LogP) is 15.1. The lowest BCUT2D eigenvalue weighted by molar-refractivity contribution is 0.302. The van der Waals surface area contributed by atoms with Crippen LogP contribution in [0.25, 0.3) is 0 Å². The van der Waals surface area contributed by atoms with Crippen molar-refractivity contribution in [2.45, 2.75) is 190 Å². The first-order valence-corrected chi connectivity index (χ1v) is 24.2. The zero-order valence-electron chi connectivity index (χ0n) is 41.2. The Morgan fingerprint density at radius 3 is 0.984 bits per heavy atom. The molecule has 0 radical (unpaired) electrons. The van der Waals surface area contributed by atoms with Crippen LogP contribution in [-0.4, -0.2) is 31.5 Å². The summed E-state index contributed by atoms with van der Waals surface area (Å²) in [7, 11) is 0. The largest absolute Gasteiger partial charge is 0.507 e. The van der Waals surface area contributed by atoms with Crippen molar-refractivity contribution in [3.8, 4) is 28.7 Å². The third-order valence-corrected chi connectivity index (χ3v) is 12.2. The fourth-order valence-electron chi connectivity index (χ4n) is 8.49. The van der Waals surface area contributed by atoms with Gasteiger partial charge in [-0.2, -0.15) is 0 Å². The van der Waals surface area contributed by atoms with E-state index in [9.17, 15) is 5.11 Å². The maximum atomic E-state index is 12.5. The number of fused-ring (bicyclic) bond motifs is 8. The summed E-state index contributed by atoms with van der Waals surface area (Å²) in [5, 5.41) is 12.5. The van der Waals surface area contributed by atoms with E-state index in [1.807, 2.05) is 0 Å². The van der Waals surface area contributed by atoms with Crippen molar-refractivity contribution in [3.05, 3.63) is 110 Å². The van der Waals surface area contributed by atoms with Crippen LogP contribution < -0.4 is 18.9 Å². The van der Waals surface area contributed by atoms with Gasteiger partial charge in [-0.15, -0.1) is 0 Å². The van der Waals surface area contributed by atoms with Gasteiger partial charge in [0.1, 0.15) is 28.7 Å². The standard InChI is InChI=1S/C57H82O5/c1-14-18-19-20-21-22-26-59-50-37-39-27-41-31-47(55(5,6)7)33-43(52(41)60-23-15-2)29-45-35-49(57(11,12)13)36-46(54(45)62-25-17-4)30-44-34-48(56(8,9)10)32-42(53(44)61-24-16-3)28-40(38-50)51(39)58/h31-38,58H,14-30H2,1-13H3. The zero-order chi connectivity index (χ0) is 45.2. The third kappa shape index (κ3) is 12.8. The Morgan fingerprint density at radius 2 is 0.677 bits per heavy atom. The van der Waals surface area contributed by atoms with Crippen molar-refractivity contribution < 1.29 is 24.1 Å². The molecular weight excluding hydrogens is 765 g/mol. The first kappa shape index (κ1) is 48.9. The van der Waals surface area contributed by atoms with E-state index in [1.165, 1.54) is 53.5 Å². The second kappa shape index (κ2) is 21.5. The Hall–Kier alpha value is -4.12. The monoisotopic (exact) mass is 847 g/mol. The molecule has 1 N–H and O–H groups in total. The summed E-state index contributed by atoms with van der Waals surface area (Å²) in [5.41, 5.74) is 11.9. The zero-order valence-corrected chi connectivity index (χ0v) is 41.2. The molecule has 0 aromatic heterocycles. The molecule has 0 aliphatic heterocycles. The molecule has 5 heteroatoms. The van der Waals surface area contributed by atoms with Crippen LogP contribution in [-0.2, 0) is 41.9 Å². The average Bonchev–Trinajstić information content (AvgIpc) is 3.19. The SMILES string of the molecule is CCCCCCCCOc1cc2c(O)c(c1)Cc1cc(C(C)(C)C)cc(c1OCCC)Cc1cc(C(C)(C)C)cc(c1OCCC)Cc1cc(C(C)(C)C)cc(c1OCCC)C2. The number of hydrogen-bond acceptors (Lipinski definition) is 5. The van der Waals surface area contributed by atoms with Gasteiger partial charge in [0.25, 0.3) is 0 Å². The van der Waals surface area contributed by atoms with Crippen LogP contribution in [0.5, 0.6) is 28.7 Å². The highest BCUT2D eigenvalue weighted by atomic mass is 16.5. The van der Waals surface area contributed by atoms with Crippen molar-refractivity contribution in [2.24, 2.45) is 0 Å². The Labute approximate surface area is 377 Å². The van der Waals surface area contributed by atoms with E-state index in [0.717, 1.165) is 88.5 Å². The normalized spacial score (nSPS) is 13.2. The lowest BCUT2D eigenvalue weighted by Crippen LogP contribution is -2.17. The van der Waals surface area contributed by atoms with Gasteiger partial charge in [-0.1, -0.05) is 159 Å². The predicted molar refractivity (Wildman–Crippen MR) is 261 cm³/mol. The summed E-state index contributed by atoms with van der Waals surface area (Å²) in [5.74, 6) is 3.90. The number of benzene rings is 4. The molecule has 340 valence electrons. The Kier molecular flexibility index (Phi) is 17.0. The molecule has 0 saturated heterocycles. The van der Waals surface area contributed by atoms with Crippen LogP contribution in [0.1, 0.15) is 209 Å². The van der Waals surface area contributed by atoms with Crippen LogP contribution >= 0.6 is 0 Å². The van der Waals surface area contributed by atoms with Gasteiger partial charge in [0.15, 0.2) is 0 Å². The minimum Gasteiger partial charge on any atom is -0.507 e. The molecule has 5 nitrogen and oxygen atoms in total. The molecule has 0 saturated carbocycles. The van der Waals surface area contributed by atoms with Gasteiger partial charge in [-0.25, -0.2) is 0 Å². The topological polar surface area (TPSA) is 57.2 Å². The fourth-order valence-corrected chi connectivity index (χ4v) is 8.49. The second-order valence-electron chi connectivity index (χ2n) is 21.1. The molecule has 1 aliphatic rings. The van der Waals surface area contributed by atoms with E-state index in [2.05, 4.69) is 139 Å². The molecule has 0 heterocycles. The van der Waals surface area contributed by atoms with Crippen molar-refractivity contribution >= 4 is 0 Å². The smallest absolute Gasteiger partial charge is 0.126 e. The summed E-state index contributed by atoms with van der Waals surface area (Å²) in [6.45, 7) is 31.9. The van der Waals surface area contributed by atoms with E-state index in [4.69, 9.17) is 18.9 Å². The molecule has 8 bridgehead atoms. The van der Waals surface area contributed by atoms with Crippen molar-refractivity contribution in [2.75, 3.05) is 26.4 Å². The number of aromatic hydroxyl groups is 1. The van der Waals surface area contributed by atoms with Crippen LogP contribution in [0.2, 0.25) is 0 Å². The van der Waals surface area contributed by atoms with Gasteiger partial charge in [0.2, 0.25) is 0 Å². The highest BCUT2D eigenvalue weighted by Gasteiger charge is 2.28. The Balaban J connectivity index is 1.86. The van der Waals surface area contributed by atoms with Gasteiger partial charge >= 0.3 is 0 Å². The quantitative estimate of drug-likeness (QED) is 0.0945. The lowest BCUT2D eigenvalue weighted by Gasteiger charge is -2.28. The Bertz CT molecular complexity index is 1960. The highest BCUT2D eigenvalue weighted by molar-refractivity contribution is 5.60. The number of ether oxygens (including phenoxy) is 4. The number of phenols is 1. The van der Waals surface area contributed by atoms with Crippen molar-refractivity contribution in [3.63, 3.8) is 0 Å². The summed E-state index contributed by atoms with van der Waals surface area (Å²) < 4.78 is 27.2. The summed E-state index contributed by atoms with van der Waals surface area (Å²) >= 11 is 0. The number of phenolic OH excluding ortho intramolecular Hbond substituents is 1. The van der Waals surface area contributed by atoms with Crippen LogP contribution in [0.3, 0.4) is 0 Å². The third-order valence-electron chi connectivity index (χ3n) is 12.2. The van der Waals surface area contributed by atoms with Crippen LogP contribution in [0.4, 0.5) is 0 Å². The maximum Gasteiger partial charge on any atom is 0.126 e. The minimum absolute atomic E-state index is 0.0946. The molecule has 0 fully saturated rings. The average molecular weight is 847 g/mol. The maximum absolute atomic E-state index is 12.5.